The number of hydrogen-bond donors (Lipinski definition) is 3. The van der Waals surface area contributed by atoms with E-state index in [2.05, 4.69) is 16.0 Å². The van der Waals surface area contributed by atoms with Crippen molar-refractivity contribution in [3.05, 3.63) is 143 Å². The molecule has 208 valence electrons. The molecule has 6 nitrogen and oxygen atoms in total. The zero-order valence-electron chi connectivity index (χ0n) is 22.3. The van der Waals surface area contributed by atoms with Crippen molar-refractivity contribution in [1.29, 1.82) is 0 Å². The van der Waals surface area contributed by atoms with Gasteiger partial charge in [0, 0.05) is 32.2 Å². The Hall–Kier alpha value is -4.85. The molecular formula is C34H26ClN3O3S. The van der Waals surface area contributed by atoms with Crippen LogP contribution in [0.1, 0.15) is 15.9 Å². The summed E-state index contributed by atoms with van der Waals surface area (Å²) in [5, 5.41) is 11.2. The molecule has 5 rings (SSSR count). The number of carbonyl (C=O) groups is 3. The number of rotatable bonds is 9. The van der Waals surface area contributed by atoms with Gasteiger partial charge in [0.25, 0.3) is 11.8 Å². The van der Waals surface area contributed by atoms with E-state index in [4.69, 9.17) is 11.6 Å². The van der Waals surface area contributed by atoms with E-state index >= 15 is 0 Å². The minimum absolute atomic E-state index is 0.0682. The van der Waals surface area contributed by atoms with Crippen molar-refractivity contribution < 1.29 is 14.4 Å². The van der Waals surface area contributed by atoms with Crippen molar-refractivity contribution in [3.8, 4) is 0 Å². The maximum absolute atomic E-state index is 13.3. The number of thioether (sulfide) groups is 1. The summed E-state index contributed by atoms with van der Waals surface area (Å²) in [6.45, 7) is 0. The van der Waals surface area contributed by atoms with Gasteiger partial charge in [-0.25, -0.2) is 0 Å². The summed E-state index contributed by atoms with van der Waals surface area (Å²) in [6, 6.07) is 36.5. The number of amides is 3. The largest absolute Gasteiger partial charge is 0.325 e. The Morgan fingerprint density at radius 1 is 0.738 bits per heavy atom. The average molecular weight is 592 g/mol. The monoisotopic (exact) mass is 591 g/mol. The molecule has 0 fully saturated rings. The van der Waals surface area contributed by atoms with Gasteiger partial charge in [0.2, 0.25) is 5.91 Å². The molecule has 0 aromatic heterocycles. The van der Waals surface area contributed by atoms with Gasteiger partial charge in [-0.1, -0.05) is 84.4 Å². The predicted octanol–water partition coefficient (Wildman–Crippen LogP) is 7.63. The molecule has 0 unspecified atom stereocenters. The second-order valence-corrected chi connectivity index (χ2v) is 10.8. The van der Waals surface area contributed by atoms with E-state index in [0.29, 0.717) is 21.8 Å². The molecular weight excluding hydrogens is 566 g/mol. The zero-order valence-corrected chi connectivity index (χ0v) is 23.9. The molecule has 0 aliphatic rings. The summed E-state index contributed by atoms with van der Waals surface area (Å²) < 4.78 is 0. The molecule has 0 bridgehead atoms. The molecule has 0 aliphatic heterocycles. The van der Waals surface area contributed by atoms with Gasteiger partial charge in [0.05, 0.1) is 5.75 Å². The minimum atomic E-state index is -0.495. The third-order valence-corrected chi connectivity index (χ3v) is 7.48. The van der Waals surface area contributed by atoms with E-state index in [1.54, 1.807) is 72.8 Å². The Labute approximate surface area is 252 Å². The van der Waals surface area contributed by atoms with Crippen molar-refractivity contribution >= 4 is 69.3 Å². The third-order valence-electron chi connectivity index (χ3n) is 6.24. The van der Waals surface area contributed by atoms with Gasteiger partial charge in [-0.05, 0) is 65.6 Å². The molecule has 0 heterocycles. The molecule has 0 aliphatic carbocycles. The fourth-order valence-corrected chi connectivity index (χ4v) is 5.08. The summed E-state index contributed by atoms with van der Waals surface area (Å²) >= 11 is 7.36. The lowest BCUT2D eigenvalue weighted by Gasteiger charge is -2.12. The summed E-state index contributed by atoms with van der Waals surface area (Å²) in [5.74, 6) is -0.852. The fraction of sp³-hybridized carbons (Fsp3) is 0.0294. The lowest BCUT2D eigenvalue weighted by molar-refractivity contribution is -0.114. The number of halogens is 1. The van der Waals surface area contributed by atoms with Crippen LogP contribution >= 0.6 is 23.4 Å². The van der Waals surface area contributed by atoms with Crippen LogP contribution in [0.15, 0.2) is 132 Å². The normalized spacial score (nSPS) is 11.1. The van der Waals surface area contributed by atoms with Gasteiger partial charge in [0.1, 0.15) is 5.70 Å². The average Bonchev–Trinajstić information content (AvgIpc) is 3.01. The van der Waals surface area contributed by atoms with Crippen molar-refractivity contribution in [2.75, 3.05) is 16.4 Å². The molecule has 0 atom stereocenters. The van der Waals surface area contributed by atoms with Crippen LogP contribution in [0.3, 0.4) is 0 Å². The number of carbonyl (C=O) groups excluding carboxylic acids is 3. The molecule has 0 spiro atoms. The van der Waals surface area contributed by atoms with Crippen LogP contribution in [0, 0.1) is 0 Å². The Balaban J connectivity index is 1.26. The van der Waals surface area contributed by atoms with Crippen LogP contribution in [-0.4, -0.2) is 23.5 Å². The summed E-state index contributed by atoms with van der Waals surface area (Å²) in [5.41, 5.74) is 2.47. The lowest BCUT2D eigenvalue weighted by atomic mass is 10.1. The van der Waals surface area contributed by atoms with E-state index < -0.39 is 11.8 Å². The zero-order chi connectivity index (χ0) is 29.3. The van der Waals surface area contributed by atoms with Crippen molar-refractivity contribution in [3.63, 3.8) is 0 Å². The molecule has 3 amide bonds. The van der Waals surface area contributed by atoms with Crippen molar-refractivity contribution in [1.82, 2.24) is 5.32 Å². The highest BCUT2D eigenvalue weighted by atomic mass is 35.5. The van der Waals surface area contributed by atoms with Crippen LogP contribution < -0.4 is 16.0 Å². The van der Waals surface area contributed by atoms with Crippen LogP contribution in [0.5, 0.6) is 0 Å². The van der Waals surface area contributed by atoms with E-state index in [1.807, 2.05) is 54.6 Å². The van der Waals surface area contributed by atoms with Crippen molar-refractivity contribution in [2.45, 2.75) is 4.90 Å². The molecule has 5 aromatic carbocycles. The van der Waals surface area contributed by atoms with Crippen LogP contribution in [0.2, 0.25) is 5.02 Å². The molecule has 3 N–H and O–H groups in total. The van der Waals surface area contributed by atoms with Gasteiger partial charge < -0.3 is 16.0 Å². The predicted molar refractivity (Wildman–Crippen MR) is 172 cm³/mol. The molecule has 0 radical (unpaired) electrons. The molecule has 0 saturated carbocycles. The number of hydrogen-bond acceptors (Lipinski definition) is 4. The van der Waals surface area contributed by atoms with E-state index in [-0.39, 0.29) is 17.4 Å². The first-order valence-corrected chi connectivity index (χ1v) is 14.5. The molecule has 42 heavy (non-hydrogen) atoms. The highest BCUT2D eigenvalue weighted by Gasteiger charge is 2.16. The number of benzene rings is 5. The molecule has 0 saturated heterocycles. The number of nitrogens with one attached hydrogen (secondary N) is 3. The van der Waals surface area contributed by atoms with Crippen LogP contribution in [0.25, 0.3) is 16.8 Å². The second kappa shape index (κ2) is 13.7. The third kappa shape index (κ3) is 7.66. The molecule has 5 aromatic rings. The highest BCUT2D eigenvalue weighted by Crippen LogP contribution is 2.25. The maximum Gasteiger partial charge on any atom is 0.272 e. The summed E-state index contributed by atoms with van der Waals surface area (Å²) in [4.78, 5) is 39.8. The standard InChI is InChI=1S/C34H26ClN3O3S/c35-26-18-16-23(17-19-26)20-31(38-33(40)25-9-2-1-3-10-25)34(41)36-27-12-7-13-28(21-27)42-22-32(39)37-30-15-6-11-24-8-4-5-14-29(24)30/h1-21H,22H2,(H,36,41)(H,37,39)(H,38,40)/b31-20+. The van der Waals surface area contributed by atoms with E-state index in [1.165, 1.54) is 11.8 Å². The minimum Gasteiger partial charge on any atom is -0.325 e. The van der Waals surface area contributed by atoms with Gasteiger partial charge in [-0.2, -0.15) is 0 Å². The smallest absolute Gasteiger partial charge is 0.272 e. The first-order chi connectivity index (χ1) is 20.4. The Kier molecular flexibility index (Phi) is 9.33. The van der Waals surface area contributed by atoms with Gasteiger partial charge in [0.15, 0.2) is 0 Å². The second-order valence-electron chi connectivity index (χ2n) is 9.28. The molecule has 8 heteroatoms. The highest BCUT2D eigenvalue weighted by molar-refractivity contribution is 8.00. The summed E-state index contributed by atoms with van der Waals surface area (Å²) in [6.07, 6.45) is 1.59. The van der Waals surface area contributed by atoms with Crippen LogP contribution in [0.4, 0.5) is 11.4 Å². The Bertz CT molecular complexity index is 1770. The van der Waals surface area contributed by atoms with Crippen molar-refractivity contribution in [2.24, 2.45) is 0 Å². The first kappa shape index (κ1) is 28.7. The van der Waals surface area contributed by atoms with Gasteiger partial charge in [-0.3, -0.25) is 14.4 Å². The lowest BCUT2D eigenvalue weighted by Crippen LogP contribution is -2.30. The SMILES string of the molecule is O=C(CSc1cccc(NC(=O)/C(=C\c2ccc(Cl)cc2)NC(=O)c2ccccc2)c1)Nc1cccc2ccccc12. The first-order valence-electron chi connectivity index (χ1n) is 13.1. The van der Waals surface area contributed by atoms with Gasteiger partial charge in [-0.15, -0.1) is 11.8 Å². The number of anilines is 2. The Morgan fingerprint density at radius 2 is 1.45 bits per heavy atom. The van der Waals surface area contributed by atoms with Crippen LogP contribution in [-0.2, 0) is 9.59 Å². The number of fused-ring (bicyclic) bond motifs is 1. The van der Waals surface area contributed by atoms with E-state index in [9.17, 15) is 14.4 Å². The quantitative estimate of drug-likeness (QED) is 0.121. The fourth-order valence-electron chi connectivity index (χ4n) is 4.20. The Morgan fingerprint density at radius 3 is 2.26 bits per heavy atom. The van der Waals surface area contributed by atoms with E-state index in [0.717, 1.165) is 21.4 Å². The topological polar surface area (TPSA) is 87.3 Å². The van der Waals surface area contributed by atoms with Gasteiger partial charge >= 0.3 is 0 Å². The maximum atomic E-state index is 13.3. The summed E-state index contributed by atoms with van der Waals surface area (Å²) in [7, 11) is 0.